The first kappa shape index (κ1) is 12.9. The SMILES string of the molecule is CC(N)c1ccccc1NC(=O)N1CCCCC1. The van der Waals surface area contributed by atoms with Crippen LogP contribution in [0.15, 0.2) is 24.3 Å². The molecular formula is C14H21N3O. The van der Waals surface area contributed by atoms with Crippen LogP contribution in [0.4, 0.5) is 10.5 Å². The summed E-state index contributed by atoms with van der Waals surface area (Å²) in [5.74, 6) is 0. The van der Waals surface area contributed by atoms with E-state index in [0.717, 1.165) is 37.2 Å². The maximum Gasteiger partial charge on any atom is 0.321 e. The van der Waals surface area contributed by atoms with Crippen LogP contribution in [0.2, 0.25) is 0 Å². The molecule has 18 heavy (non-hydrogen) atoms. The summed E-state index contributed by atoms with van der Waals surface area (Å²) in [5.41, 5.74) is 7.70. The molecule has 0 spiro atoms. The summed E-state index contributed by atoms with van der Waals surface area (Å²) in [5, 5.41) is 2.97. The van der Waals surface area contributed by atoms with Crippen molar-refractivity contribution in [3.8, 4) is 0 Å². The van der Waals surface area contributed by atoms with Crippen molar-refractivity contribution in [2.24, 2.45) is 5.73 Å². The molecule has 4 nitrogen and oxygen atoms in total. The van der Waals surface area contributed by atoms with E-state index in [1.807, 2.05) is 36.1 Å². The third-order valence-corrected chi connectivity index (χ3v) is 3.34. The fraction of sp³-hybridized carbons (Fsp3) is 0.500. The van der Waals surface area contributed by atoms with Crippen molar-refractivity contribution < 1.29 is 4.79 Å². The third kappa shape index (κ3) is 3.01. The maximum absolute atomic E-state index is 12.1. The number of hydrogen-bond acceptors (Lipinski definition) is 2. The number of urea groups is 1. The molecule has 1 atom stereocenters. The number of nitrogens with zero attached hydrogens (tertiary/aromatic N) is 1. The van der Waals surface area contributed by atoms with E-state index in [2.05, 4.69) is 5.32 Å². The molecule has 2 amide bonds. The first-order valence-corrected chi connectivity index (χ1v) is 6.59. The van der Waals surface area contributed by atoms with Crippen LogP contribution in [-0.4, -0.2) is 24.0 Å². The van der Waals surface area contributed by atoms with Gasteiger partial charge in [0.15, 0.2) is 0 Å². The summed E-state index contributed by atoms with van der Waals surface area (Å²) in [6.07, 6.45) is 3.42. The van der Waals surface area contributed by atoms with Crippen LogP contribution in [0.5, 0.6) is 0 Å². The van der Waals surface area contributed by atoms with Gasteiger partial charge in [-0.1, -0.05) is 18.2 Å². The number of piperidine rings is 1. The number of anilines is 1. The van der Waals surface area contributed by atoms with Gasteiger partial charge in [0, 0.05) is 24.8 Å². The smallest absolute Gasteiger partial charge is 0.321 e. The number of nitrogens with two attached hydrogens (primary N) is 1. The van der Waals surface area contributed by atoms with Crippen molar-refractivity contribution in [3.05, 3.63) is 29.8 Å². The van der Waals surface area contributed by atoms with Crippen molar-refractivity contribution in [1.82, 2.24) is 4.90 Å². The Bertz CT molecular complexity index is 411. The third-order valence-electron chi connectivity index (χ3n) is 3.34. The van der Waals surface area contributed by atoms with E-state index in [0.29, 0.717) is 0 Å². The zero-order valence-electron chi connectivity index (χ0n) is 10.9. The molecule has 1 aromatic carbocycles. The van der Waals surface area contributed by atoms with Gasteiger partial charge in [0.25, 0.3) is 0 Å². The second-order valence-electron chi connectivity index (χ2n) is 4.85. The molecule has 2 rings (SSSR count). The number of likely N-dealkylation sites (tertiary alicyclic amines) is 1. The van der Waals surface area contributed by atoms with Crippen molar-refractivity contribution in [2.45, 2.75) is 32.2 Å². The Morgan fingerprint density at radius 3 is 2.61 bits per heavy atom. The van der Waals surface area contributed by atoms with Crippen LogP contribution < -0.4 is 11.1 Å². The second kappa shape index (κ2) is 5.87. The van der Waals surface area contributed by atoms with Crippen LogP contribution in [0.3, 0.4) is 0 Å². The molecule has 0 aromatic heterocycles. The van der Waals surface area contributed by atoms with Gasteiger partial charge in [-0.15, -0.1) is 0 Å². The minimum absolute atomic E-state index is 0.0113. The summed E-state index contributed by atoms with van der Waals surface area (Å²) < 4.78 is 0. The molecule has 0 saturated carbocycles. The van der Waals surface area contributed by atoms with Crippen molar-refractivity contribution in [2.75, 3.05) is 18.4 Å². The number of amides is 2. The molecule has 98 valence electrons. The summed E-state index contributed by atoms with van der Waals surface area (Å²) in [6, 6.07) is 7.62. The Labute approximate surface area is 108 Å². The summed E-state index contributed by atoms with van der Waals surface area (Å²) >= 11 is 0. The Balaban J connectivity index is 2.06. The lowest BCUT2D eigenvalue weighted by Crippen LogP contribution is -2.38. The maximum atomic E-state index is 12.1. The highest BCUT2D eigenvalue weighted by molar-refractivity contribution is 5.90. The number of para-hydroxylation sites is 1. The van der Waals surface area contributed by atoms with Crippen molar-refractivity contribution in [1.29, 1.82) is 0 Å². The lowest BCUT2D eigenvalue weighted by molar-refractivity contribution is 0.200. The predicted molar refractivity (Wildman–Crippen MR) is 73.5 cm³/mol. The van der Waals surface area contributed by atoms with Gasteiger partial charge in [0.2, 0.25) is 0 Å². The Morgan fingerprint density at radius 2 is 1.94 bits per heavy atom. The lowest BCUT2D eigenvalue weighted by Gasteiger charge is -2.27. The molecule has 1 heterocycles. The molecule has 0 bridgehead atoms. The lowest BCUT2D eigenvalue weighted by atomic mass is 10.1. The van der Waals surface area contributed by atoms with E-state index in [4.69, 9.17) is 5.73 Å². The molecule has 1 aliphatic rings. The molecule has 1 saturated heterocycles. The van der Waals surface area contributed by atoms with Gasteiger partial charge < -0.3 is 16.0 Å². The van der Waals surface area contributed by atoms with Gasteiger partial charge in [0.1, 0.15) is 0 Å². The van der Waals surface area contributed by atoms with E-state index in [1.165, 1.54) is 6.42 Å². The molecular weight excluding hydrogens is 226 g/mol. The Hall–Kier alpha value is -1.55. The van der Waals surface area contributed by atoms with E-state index in [1.54, 1.807) is 0 Å². The largest absolute Gasteiger partial charge is 0.325 e. The summed E-state index contributed by atoms with van der Waals surface area (Å²) in [6.45, 7) is 3.63. The Kier molecular flexibility index (Phi) is 4.20. The van der Waals surface area contributed by atoms with Gasteiger partial charge in [-0.05, 0) is 37.8 Å². The van der Waals surface area contributed by atoms with E-state index in [9.17, 15) is 4.79 Å². The number of nitrogens with one attached hydrogen (secondary N) is 1. The van der Waals surface area contributed by atoms with E-state index < -0.39 is 0 Å². The highest BCUT2D eigenvalue weighted by Crippen LogP contribution is 2.21. The first-order valence-electron chi connectivity index (χ1n) is 6.59. The minimum Gasteiger partial charge on any atom is -0.325 e. The number of carbonyl (C=O) groups is 1. The zero-order chi connectivity index (χ0) is 13.0. The van der Waals surface area contributed by atoms with Crippen LogP contribution >= 0.6 is 0 Å². The van der Waals surface area contributed by atoms with Crippen molar-refractivity contribution >= 4 is 11.7 Å². The number of hydrogen-bond donors (Lipinski definition) is 2. The molecule has 1 aromatic rings. The summed E-state index contributed by atoms with van der Waals surface area (Å²) in [4.78, 5) is 14.0. The standard InChI is InChI=1S/C14H21N3O/c1-11(15)12-7-3-4-8-13(12)16-14(18)17-9-5-2-6-10-17/h3-4,7-8,11H,2,5-6,9-10,15H2,1H3,(H,16,18). The average Bonchev–Trinajstić information content (AvgIpc) is 2.40. The fourth-order valence-electron chi connectivity index (χ4n) is 2.30. The van der Waals surface area contributed by atoms with Gasteiger partial charge in [0.05, 0.1) is 0 Å². The van der Waals surface area contributed by atoms with Gasteiger partial charge >= 0.3 is 6.03 Å². The molecule has 0 radical (unpaired) electrons. The van der Waals surface area contributed by atoms with E-state index >= 15 is 0 Å². The highest BCUT2D eigenvalue weighted by Gasteiger charge is 2.17. The topological polar surface area (TPSA) is 58.4 Å². The normalized spacial score (nSPS) is 17.3. The van der Waals surface area contributed by atoms with E-state index in [-0.39, 0.29) is 12.1 Å². The number of rotatable bonds is 2. The monoisotopic (exact) mass is 247 g/mol. The quantitative estimate of drug-likeness (QED) is 0.844. The van der Waals surface area contributed by atoms with Crippen LogP contribution in [0.25, 0.3) is 0 Å². The first-order chi connectivity index (χ1) is 8.68. The molecule has 4 heteroatoms. The summed E-state index contributed by atoms with van der Waals surface area (Å²) in [7, 11) is 0. The van der Waals surface area contributed by atoms with Crippen molar-refractivity contribution in [3.63, 3.8) is 0 Å². The molecule has 1 fully saturated rings. The minimum atomic E-state index is -0.0807. The second-order valence-corrected chi connectivity index (χ2v) is 4.85. The molecule has 0 aliphatic carbocycles. The van der Waals surface area contributed by atoms with Crippen LogP contribution in [0.1, 0.15) is 37.8 Å². The van der Waals surface area contributed by atoms with Crippen LogP contribution in [-0.2, 0) is 0 Å². The molecule has 1 unspecified atom stereocenters. The van der Waals surface area contributed by atoms with Gasteiger partial charge in [-0.25, -0.2) is 4.79 Å². The van der Waals surface area contributed by atoms with Gasteiger partial charge in [-0.2, -0.15) is 0 Å². The van der Waals surface area contributed by atoms with Crippen LogP contribution in [0, 0.1) is 0 Å². The molecule has 1 aliphatic heterocycles. The number of carbonyl (C=O) groups excluding carboxylic acids is 1. The zero-order valence-corrected chi connectivity index (χ0v) is 10.9. The predicted octanol–water partition coefficient (Wildman–Crippen LogP) is 2.72. The van der Waals surface area contributed by atoms with Gasteiger partial charge in [-0.3, -0.25) is 0 Å². The fourth-order valence-corrected chi connectivity index (χ4v) is 2.30. The average molecular weight is 247 g/mol. The highest BCUT2D eigenvalue weighted by atomic mass is 16.2. The Morgan fingerprint density at radius 1 is 1.28 bits per heavy atom. The number of benzene rings is 1. The molecule has 3 N–H and O–H groups in total.